The molecule has 0 saturated carbocycles. The number of halogens is 1. The minimum atomic E-state index is -0.173. The number of hydrogen-bond acceptors (Lipinski definition) is 5. The molecule has 0 aliphatic heterocycles. The van der Waals surface area contributed by atoms with Crippen LogP contribution in [0.3, 0.4) is 0 Å². The highest BCUT2D eigenvalue weighted by Crippen LogP contribution is 2.32. The van der Waals surface area contributed by atoms with E-state index in [2.05, 4.69) is 15.1 Å². The number of rotatable bonds is 2. The van der Waals surface area contributed by atoms with E-state index in [1.807, 2.05) is 20.8 Å². The Bertz CT molecular complexity index is 900. The van der Waals surface area contributed by atoms with Gasteiger partial charge in [0.05, 0.1) is 11.6 Å². The van der Waals surface area contributed by atoms with Crippen LogP contribution in [0.25, 0.3) is 10.2 Å². The van der Waals surface area contributed by atoms with Crippen molar-refractivity contribution in [3.05, 3.63) is 49.6 Å². The first-order valence-corrected chi connectivity index (χ1v) is 7.61. The SMILES string of the molecule is Cc1cnn(Cc2nc(Cl)c3c(C)c(C)sc3n2)c(=O)c1. The van der Waals surface area contributed by atoms with Crippen molar-refractivity contribution < 1.29 is 0 Å². The van der Waals surface area contributed by atoms with Crippen molar-refractivity contribution in [1.82, 2.24) is 19.7 Å². The van der Waals surface area contributed by atoms with Crippen LogP contribution in [0.5, 0.6) is 0 Å². The lowest BCUT2D eigenvalue weighted by Gasteiger charge is -2.04. The van der Waals surface area contributed by atoms with Crippen molar-refractivity contribution in [2.75, 3.05) is 0 Å². The van der Waals surface area contributed by atoms with Gasteiger partial charge < -0.3 is 0 Å². The first-order valence-electron chi connectivity index (χ1n) is 6.41. The van der Waals surface area contributed by atoms with Gasteiger partial charge in [0.2, 0.25) is 0 Å². The predicted molar refractivity (Wildman–Crippen MR) is 84.2 cm³/mol. The van der Waals surface area contributed by atoms with Crippen LogP contribution in [0.2, 0.25) is 5.15 Å². The highest BCUT2D eigenvalue weighted by Gasteiger charge is 2.13. The largest absolute Gasteiger partial charge is 0.268 e. The predicted octanol–water partition coefficient (Wildman–Crippen LogP) is 2.87. The molecule has 5 nitrogen and oxygen atoms in total. The first kappa shape index (κ1) is 14.2. The van der Waals surface area contributed by atoms with Gasteiger partial charge in [-0.1, -0.05) is 11.6 Å². The molecule has 0 spiro atoms. The third-order valence-corrected chi connectivity index (χ3v) is 4.70. The molecule has 0 radical (unpaired) electrons. The van der Waals surface area contributed by atoms with Gasteiger partial charge in [0.1, 0.15) is 16.5 Å². The Balaban J connectivity index is 2.07. The van der Waals surface area contributed by atoms with Gasteiger partial charge in [0.25, 0.3) is 5.56 Å². The van der Waals surface area contributed by atoms with Gasteiger partial charge in [0.15, 0.2) is 5.82 Å². The second kappa shape index (κ2) is 5.20. The molecule has 3 aromatic rings. The van der Waals surface area contributed by atoms with E-state index in [4.69, 9.17) is 11.6 Å². The molecule has 0 amide bonds. The maximum absolute atomic E-state index is 11.9. The van der Waals surface area contributed by atoms with Gasteiger partial charge in [-0.3, -0.25) is 4.79 Å². The van der Waals surface area contributed by atoms with E-state index in [1.165, 1.54) is 15.6 Å². The van der Waals surface area contributed by atoms with Crippen molar-refractivity contribution in [2.45, 2.75) is 27.3 Å². The van der Waals surface area contributed by atoms with Crippen LogP contribution in [0, 0.1) is 20.8 Å². The molecule has 0 fully saturated rings. The Labute approximate surface area is 130 Å². The number of fused-ring (bicyclic) bond motifs is 1. The molecule has 3 aromatic heterocycles. The number of nitrogens with zero attached hydrogens (tertiary/aromatic N) is 4. The average molecular weight is 321 g/mol. The summed E-state index contributed by atoms with van der Waals surface area (Å²) in [6.07, 6.45) is 1.64. The quantitative estimate of drug-likeness (QED) is 0.681. The van der Waals surface area contributed by atoms with Crippen LogP contribution in [0.15, 0.2) is 17.1 Å². The van der Waals surface area contributed by atoms with Gasteiger partial charge in [0, 0.05) is 10.9 Å². The molecule has 3 heterocycles. The van der Waals surface area contributed by atoms with Gasteiger partial charge in [-0.15, -0.1) is 11.3 Å². The van der Waals surface area contributed by atoms with E-state index in [1.54, 1.807) is 17.5 Å². The highest BCUT2D eigenvalue weighted by molar-refractivity contribution is 7.18. The summed E-state index contributed by atoms with van der Waals surface area (Å²) >= 11 is 7.84. The van der Waals surface area contributed by atoms with Crippen LogP contribution in [-0.2, 0) is 6.54 Å². The first-order chi connectivity index (χ1) is 9.95. The molecule has 0 aliphatic carbocycles. The zero-order chi connectivity index (χ0) is 15.1. The summed E-state index contributed by atoms with van der Waals surface area (Å²) in [5.41, 5.74) is 1.76. The lowest BCUT2D eigenvalue weighted by Crippen LogP contribution is -2.23. The van der Waals surface area contributed by atoms with E-state index >= 15 is 0 Å². The molecule has 7 heteroatoms. The highest BCUT2D eigenvalue weighted by atomic mass is 35.5. The van der Waals surface area contributed by atoms with Gasteiger partial charge >= 0.3 is 0 Å². The topological polar surface area (TPSA) is 60.7 Å². The van der Waals surface area contributed by atoms with Gasteiger partial charge in [-0.25, -0.2) is 14.6 Å². The molecular formula is C14H13ClN4OS. The monoisotopic (exact) mass is 320 g/mol. The zero-order valence-corrected chi connectivity index (χ0v) is 13.4. The van der Waals surface area contributed by atoms with Crippen molar-refractivity contribution in [3.63, 3.8) is 0 Å². The summed E-state index contributed by atoms with van der Waals surface area (Å²) in [5, 5.41) is 5.41. The maximum Gasteiger partial charge on any atom is 0.267 e. The minimum Gasteiger partial charge on any atom is -0.268 e. The fraction of sp³-hybridized carbons (Fsp3) is 0.286. The Hall–Kier alpha value is -1.79. The molecule has 0 aromatic carbocycles. The summed E-state index contributed by atoms with van der Waals surface area (Å²) < 4.78 is 1.33. The Morgan fingerprint density at radius 3 is 2.76 bits per heavy atom. The standard InChI is InChI=1S/C14H13ClN4OS/c1-7-4-11(20)19(16-5-7)6-10-17-13(15)12-8(2)9(3)21-14(12)18-10/h4-5H,6H2,1-3H3. The summed E-state index contributed by atoms with van der Waals surface area (Å²) in [5.74, 6) is 0.493. The fourth-order valence-electron chi connectivity index (χ4n) is 2.09. The van der Waals surface area contributed by atoms with Crippen LogP contribution in [-0.4, -0.2) is 19.7 Å². The van der Waals surface area contributed by atoms with Crippen molar-refractivity contribution in [2.24, 2.45) is 0 Å². The Kier molecular flexibility index (Phi) is 3.51. The molecule has 0 aliphatic rings. The third kappa shape index (κ3) is 2.56. The molecular weight excluding hydrogens is 308 g/mol. The van der Waals surface area contributed by atoms with Crippen molar-refractivity contribution in [1.29, 1.82) is 0 Å². The van der Waals surface area contributed by atoms with Gasteiger partial charge in [-0.2, -0.15) is 5.10 Å². The number of aromatic nitrogens is 4. The normalized spacial score (nSPS) is 11.2. The average Bonchev–Trinajstić information content (AvgIpc) is 2.69. The third-order valence-electron chi connectivity index (χ3n) is 3.33. The Morgan fingerprint density at radius 2 is 2.05 bits per heavy atom. The second-order valence-corrected chi connectivity index (χ2v) is 6.48. The summed E-state index contributed by atoms with van der Waals surface area (Å²) in [6, 6.07) is 1.53. The van der Waals surface area contributed by atoms with Crippen molar-refractivity contribution >= 4 is 33.2 Å². The Morgan fingerprint density at radius 1 is 1.29 bits per heavy atom. The number of hydrogen-bond donors (Lipinski definition) is 0. The van der Waals surface area contributed by atoms with E-state index < -0.39 is 0 Å². The molecule has 108 valence electrons. The smallest absolute Gasteiger partial charge is 0.267 e. The van der Waals surface area contributed by atoms with Crippen LogP contribution < -0.4 is 5.56 Å². The lowest BCUT2D eigenvalue weighted by atomic mass is 10.2. The van der Waals surface area contributed by atoms with Crippen molar-refractivity contribution in [3.8, 4) is 0 Å². The lowest BCUT2D eigenvalue weighted by molar-refractivity contribution is 0.614. The van der Waals surface area contributed by atoms with E-state index in [-0.39, 0.29) is 12.1 Å². The van der Waals surface area contributed by atoms with Crippen LogP contribution in [0.4, 0.5) is 0 Å². The molecule has 0 bridgehead atoms. The van der Waals surface area contributed by atoms with Crippen LogP contribution in [0.1, 0.15) is 21.8 Å². The zero-order valence-electron chi connectivity index (χ0n) is 11.8. The second-order valence-electron chi connectivity index (χ2n) is 4.92. The fourth-order valence-corrected chi connectivity index (χ4v) is 3.52. The molecule has 3 rings (SSSR count). The van der Waals surface area contributed by atoms with E-state index in [0.29, 0.717) is 11.0 Å². The summed E-state index contributed by atoms with van der Waals surface area (Å²) in [6.45, 7) is 6.08. The molecule has 0 atom stereocenters. The van der Waals surface area contributed by atoms with E-state index in [0.717, 1.165) is 21.3 Å². The van der Waals surface area contributed by atoms with E-state index in [9.17, 15) is 4.79 Å². The summed E-state index contributed by atoms with van der Waals surface area (Å²) in [4.78, 5) is 22.7. The number of aryl methyl sites for hydroxylation is 3. The molecule has 0 N–H and O–H groups in total. The molecule has 0 unspecified atom stereocenters. The summed E-state index contributed by atoms with van der Waals surface area (Å²) in [7, 11) is 0. The molecule has 0 saturated heterocycles. The number of thiophene rings is 1. The maximum atomic E-state index is 11.9. The van der Waals surface area contributed by atoms with Crippen LogP contribution >= 0.6 is 22.9 Å². The van der Waals surface area contributed by atoms with Gasteiger partial charge in [-0.05, 0) is 31.9 Å². The minimum absolute atomic E-state index is 0.173. The molecule has 21 heavy (non-hydrogen) atoms.